The van der Waals surface area contributed by atoms with E-state index >= 15 is 0 Å². The molecule has 0 radical (unpaired) electrons. The van der Waals surface area contributed by atoms with E-state index in [4.69, 9.17) is 4.74 Å². The van der Waals surface area contributed by atoms with Crippen LogP contribution in [0.15, 0.2) is 24.3 Å². The minimum absolute atomic E-state index is 0.189. The summed E-state index contributed by atoms with van der Waals surface area (Å²) in [6.45, 7) is 7.48. The molecule has 0 bridgehead atoms. The van der Waals surface area contributed by atoms with Gasteiger partial charge in [0.25, 0.3) is 0 Å². The molecule has 23 heavy (non-hydrogen) atoms. The van der Waals surface area contributed by atoms with Gasteiger partial charge in [-0.15, -0.1) is 0 Å². The zero-order chi connectivity index (χ0) is 16.8. The number of methoxy groups -OCH3 is 1. The Morgan fingerprint density at radius 2 is 1.96 bits per heavy atom. The SMILES string of the molecule is COc1ccc(CCNC(=O)C2CC(C)CCC2C(C)C)cc1. The molecule has 1 saturated carbocycles. The number of hydrogen-bond acceptors (Lipinski definition) is 2. The van der Waals surface area contributed by atoms with Gasteiger partial charge in [-0.1, -0.05) is 39.3 Å². The Morgan fingerprint density at radius 1 is 1.26 bits per heavy atom. The van der Waals surface area contributed by atoms with Crippen LogP contribution in [-0.4, -0.2) is 19.6 Å². The van der Waals surface area contributed by atoms with Crippen LogP contribution in [0.5, 0.6) is 5.75 Å². The molecule has 0 aromatic heterocycles. The number of benzene rings is 1. The summed E-state index contributed by atoms with van der Waals surface area (Å²) >= 11 is 0. The van der Waals surface area contributed by atoms with Crippen LogP contribution >= 0.6 is 0 Å². The molecule has 2 rings (SSSR count). The Morgan fingerprint density at radius 3 is 2.57 bits per heavy atom. The van der Waals surface area contributed by atoms with Gasteiger partial charge in [-0.25, -0.2) is 0 Å². The summed E-state index contributed by atoms with van der Waals surface area (Å²) < 4.78 is 5.17. The molecule has 1 amide bonds. The third kappa shape index (κ3) is 4.98. The number of ether oxygens (including phenoxy) is 1. The van der Waals surface area contributed by atoms with E-state index in [1.807, 2.05) is 12.1 Å². The number of nitrogens with one attached hydrogen (secondary N) is 1. The lowest BCUT2D eigenvalue weighted by molar-refractivity contribution is -0.129. The molecule has 3 atom stereocenters. The lowest BCUT2D eigenvalue weighted by Gasteiger charge is -2.36. The predicted molar refractivity (Wildman–Crippen MR) is 94.5 cm³/mol. The van der Waals surface area contributed by atoms with Gasteiger partial charge in [-0.05, 0) is 54.7 Å². The summed E-state index contributed by atoms with van der Waals surface area (Å²) in [6, 6.07) is 8.05. The fourth-order valence-corrected chi connectivity index (χ4v) is 3.76. The topological polar surface area (TPSA) is 38.3 Å². The largest absolute Gasteiger partial charge is 0.497 e. The van der Waals surface area contributed by atoms with Crippen molar-refractivity contribution in [1.82, 2.24) is 5.32 Å². The van der Waals surface area contributed by atoms with Crippen molar-refractivity contribution >= 4 is 5.91 Å². The maximum Gasteiger partial charge on any atom is 0.223 e. The highest BCUT2D eigenvalue weighted by Crippen LogP contribution is 2.38. The first-order chi connectivity index (χ1) is 11.0. The van der Waals surface area contributed by atoms with Crippen molar-refractivity contribution in [2.45, 2.75) is 46.5 Å². The van der Waals surface area contributed by atoms with Gasteiger partial charge in [0.05, 0.1) is 7.11 Å². The highest BCUT2D eigenvalue weighted by atomic mass is 16.5. The molecule has 1 aromatic carbocycles. The van der Waals surface area contributed by atoms with E-state index in [1.165, 1.54) is 18.4 Å². The first-order valence-electron chi connectivity index (χ1n) is 8.92. The molecule has 1 N–H and O–H groups in total. The number of rotatable bonds is 6. The molecule has 0 aliphatic heterocycles. The van der Waals surface area contributed by atoms with Crippen LogP contribution in [0.25, 0.3) is 0 Å². The van der Waals surface area contributed by atoms with Gasteiger partial charge in [-0.2, -0.15) is 0 Å². The smallest absolute Gasteiger partial charge is 0.223 e. The molecule has 3 unspecified atom stereocenters. The van der Waals surface area contributed by atoms with Gasteiger partial charge < -0.3 is 10.1 Å². The van der Waals surface area contributed by atoms with E-state index in [0.29, 0.717) is 24.3 Å². The highest BCUT2D eigenvalue weighted by molar-refractivity contribution is 5.79. The molecule has 1 aromatic rings. The lowest BCUT2D eigenvalue weighted by Crippen LogP contribution is -2.40. The molecule has 0 saturated heterocycles. The molecule has 1 fully saturated rings. The van der Waals surface area contributed by atoms with Crippen LogP contribution in [0, 0.1) is 23.7 Å². The molecule has 0 heterocycles. The zero-order valence-electron chi connectivity index (χ0n) is 15.0. The molecule has 128 valence electrons. The van der Waals surface area contributed by atoms with Crippen molar-refractivity contribution in [3.63, 3.8) is 0 Å². The van der Waals surface area contributed by atoms with E-state index in [2.05, 4.69) is 38.2 Å². The molecule has 3 heteroatoms. The average molecular weight is 317 g/mol. The second-order valence-electron chi connectivity index (χ2n) is 7.32. The van der Waals surface area contributed by atoms with Gasteiger partial charge in [0, 0.05) is 12.5 Å². The fourth-order valence-electron chi connectivity index (χ4n) is 3.76. The Labute approximate surface area is 140 Å². The Hall–Kier alpha value is -1.51. The van der Waals surface area contributed by atoms with Crippen LogP contribution in [0.3, 0.4) is 0 Å². The summed E-state index contributed by atoms with van der Waals surface area (Å²) in [5.74, 6) is 3.10. The number of hydrogen-bond donors (Lipinski definition) is 1. The molecule has 0 spiro atoms. The van der Waals surface area contributed by atoms with Crippen molar-refractivity contribution in [3.8, 4) is 5.75 Å². The average Bonchev–Trinajstić information content (AvgIpc) is 2.55. The maximum atomic E-state index is 12.6. The first kappa shape index (κ1) is 17.8. The van der Waals surface area contributed by atoms with E-state index in [0.717, 1.165) is 18.6 Å². The zero-order valence-corrected chi connectivity index (χ0v) is 15.0. The second-order valence-corrected chi connectivity index (χ2v) is 7.32. The van der Waals surface area contributed by atoms with Gasteiger partial charge in [-0.3, -0.25) is 4.79 Å². The standard InChI is InChI=1S/C20H31NO2/c1-14(2)18-10-5-15(3)13-19(18)20(22)21-12-11-16-6-8-17(23-4)9-7-16/h6-9,14-15,18-19H,5,10-13H2,1-4H3,(H,21,22). The lowest BCUT2D eigenvalue weighted by atomic mass is 9.70. The number of carbonyl (C=O) groups excluding carboxylic acids is 1. The third-order valence-corrected chi connectivity index (χ3v) is 5.23. The molecular formula is C20H31NO2. The van der Waals surface area contributed by atoms with Crippen molar-refractivity contribution in [1.29, 1.82) is 0 Å². The van der Waals surface area contributed by atoms with Gasteiger partial charge in [0.15, 0.2) is 0 Å². The monoisotopic (exact) mass is 317 g/mol. The third-order valence-electron chi connectivity index (χ3n) is 5.23. The van der Waals surface area contributed by atoms with E-state index in [1.54, 1.807) is 7.11 Å². The summed E-state index contributed by atoms with van der Waals surface area (Å²) in [5, 5.41) is 3.16. The quantitative estimate of drug-likeness (QED) is 0.859. The molecule has 1 aliphatic carbocycles. The van der Waals surface area contributed by atoms with Crippen LogP contribution in [0.2, 0.25) is 0 Å². The van der Waals surface area contributed by atoms with Crippen LogP contribution in [0.4, 0.5) is 0 Å². The minimum atomic E-state index is 0.189. The number of amides is 1. The molecule has 3 nitrogen and oxygen atoms in total. The van der Waals surface area contributed by atoms with Gasteiger partial charge in [0.2, 0.25) is 5.91 Å². The van der Waals surface area contributed by atoms with Crippen molar-refractivity contribution < 1.29 is 9.53 Å². The fraction of sp³-hybridized carbons (Fsp3) is 0.650. The van der Waals surface area contributed by atoms with Crippen LogP contribution < -0.4 is 10.1 Å². The normalized spacial score (nSPS) is 24.5. The first-order valence-corrected chi connectivity index (χ1v) is 8.92. The predicted octanol–water partition coefficient (Wildman–Crippen LogP) is 4.06. The molecular weight excluding hydrogens is 286 g/mol. The number of carbonyl (C=O) groups is 1. The Bertz CT molecular complexity index is 495. The second kappa shape index (κ2) is 8.37. The van der Waals surface area contributed by atoms with E-state index in [9.17, 15) is 4.79 Å². The van der Waals surface area contributed by atoms with Crippen molar-refractivity contribution in [2.24, 2.45) is 23.7 Å². The summed E-state index contributed by atoms with van der Waals surface area (Å²) in [6.07, 6.45) is 4.36. The summed E-state index contributed by atoms with van der Waals surface area (Å²) in [7, 11) is 1.67. The summed E-state index contributed by atoms with van der Waals surface area (Å²) in [5.41, 5.74) is 1.23. The van der Waals surface area contributed by atoms with E-state index < -0.39 is 0 Å². The Balaban J connectivity index is 1.84. The van der Waals surface area contributed by atoms with Crippen LogP contribution in [-0.2, 0) is 11.2 Å². The van der Waals surface area contributed by atoms with Crippen LogP contribution in [0.1, 0.15) is 45.6 Å². The highest BCUT2D eigenvalue weighted by Gasteiger charge is 2.35. The van der Waals surface area contributed by atoms with Gasteiger partial charge >= 0.3 is 0 Å². The van der Waals surface area contributed by atoms with Crippen molar-refractivity contribution in [3.05, 3.63) is 29.8 Å². The molecule has 1 aliphatic rings. The van der Waals surface area contributed by atoms with Gasteiger partial charge in [0.1, 0.15) is 5.75 Å². The Kier molecular flexibility index (Phi) is 6.49. The maximum absolute atomic E-state index is 12.6. The summed E-state index contributed by atoms with van der Waals surface area (Å²) in [4.78, 5) is 12.6. The minimum Gasteiger partial charge on any atom is -0.497 e. The van der Waals surface area contributed by atoms with E-state index in [-0.39, 0.29) is 11.8 Å². The van der Waals surface area contributed by atoms with Crippen molar-refractivity contribution in [2.75, 3.05) is 13.7 Å².